The Hall–Kier alpha value is -3.27. The van der Waals surface area contributed by atoms with Crippen LogP contribution in [0.25, 0.3) is 6.08 Å². The van der Waals surface area contributed by atoms with Gasteiger partial charge in [0.1, 0.15) is 0 Å². The maximum Gasteiger partial charge on any atom is 0.335 e. The SMILES string of the molecule is CCOC(=O)/C(=C/C(=O)c1ccc(C)cc1)[C@@]1(C)C(=O)C(C)=Cc2ccccc21. The van der Waals surface area contributed by atoms with Crippen LogP contribution in [0.3, 0.4) is 0 Å². The number of aryl methyl sites for hydroxylation is 1. The average molecular weight is 388 g/mol. The van der Waals surface area contributed by atoms with Gasteiger partial charge in [-0.2, -0.15) is 0 Å². The number of carbonyl (C=O) groups excluding carboxylic acids is 3. The summed E-state index contributed by atoms with van der Waals surface area (Å²) in [7, 11) is 0. The summed E-state index contributed by atoms with van der Waals surface area (Å²) in [4.78, 5) is 39.2. The molecule has 4 nitrogen and oxygen atoms in total. The highest BCUT2D eigenvalue weighted by Gasteiger charge is 2.46. The van der Waals surface area contributed by atoms with Crippen LogP contribution >= 0.6 is 0 Å². The fourth-order valence-corrected chi connectivity index (χ4v) is 3.71. The van der Waals surface area contributed by atoms with Crippen LogP contribution in [0.1, 0.15) is 47.8 Å². The molecule has 0 aliphatic heterocycles. The van der Waals surface area contributed by atoms with E-state index in [9.17, 15) is 14.4 Å². The number of ether oxygens (including phenoxy) is 1. The van der Waals surface area contributed by atoms with E-state index in [0.29, 0.717) is 16.7 Å². The molecule has 0 amide bonds. The molecule has 1 aliphatic carbocycles. The Balaban J connectivity index is 2.20. The quantitative estimate of drug-likeness (QED) is 0.426. The maximum absolute atomic E-state index is 13.3. The summed E-state index contributed by atoms with van der Waals surface area (Å²) in [5.41, 5.74) is 2.29. The van der Waals surface area contributed by atoms with E-state index in [1.807, 2.05) is 49.4 Å². The van der Waals surface area contributed by atoms with Gasteiger partial charge in [0.15, 0.2) is 11.6 Å². The first kappa shape index (κ1) is 20.5. The number of hydrogen-bond donors (Lipinski definition) is 0. The number of benzene rings is 2. The molecule has 148 valence electrons. The Kier molecular flexibility index (Phi) is 5.64. The highest BCUT2D eigenvalue weighted by Crippen LogP contribution is 2.42. The van der Waals surface area contributed by atoms with Crippen molar-refractivity contribution in [2.75, 3.05) is 6.61 Å². The van der Waals surface area contributed by atoms with E-state index >= 15 is 0 Å². The van der Waals surface area contributed by atoms with E-state index in [0.717, 1.165) is 11.1 Å². The number of ketones is 2. The number of rotatable bonds is 5. The molecular weight excluding hydrogens is 364 g/mol. The molecule has 0 bridgehead atoms. The van der Waals surface area contributed by atoms with Gasteiger partial charge in [0.05, 0.1) is 17.6 Å². The monoisotopic (exact) mass is 388 g/mol. The van der Waals surface area contributed by atoms with Gasteiger partial charge in [0.25, 0.3) is 0 Å². The van der Waals surface area contributed by atoms with E-state index < -0.39 is 11.4 Å². The normalized spacial score (nSPS) is 18.7. The van der Waals surface area contributed by atoms with Crippen LogP contribution in [0, 0.1) is 6.92 Å². The van der Waals surface area contributed by atoms with Crippen molar-refractivity contribution in [3.05, 3.63) is 88.0 Å². The number of esters is 1. The maximum atomic E-state index is 13.3. The summed E-state index contributed by atoms with van der Waals surface area (Å²) in [6.45, 7) is 7.19. The molecule has 0 spiro atoms. The molecule has 3 rings (SSSR count). The highest BCUT2D eigenvalue weighted by atomic mass is 16.5. The number of hydrogen-bond acceptors (Lipinski definition) is 4. The summed E-state index contributed by atoms with van der Waals surface area (Å²) in [6.07, 6.45) is 3.07. The first-order valence-electron chi connectivity index (χ1n) is 9.62. The second kappa shape index (κ2) is 8.00. The van der Waals surface area contributed by atoms with Crippen molar-refractivity contribution in [2.24, 2.45) is 0 Å². The summed E-state index contributed by atoms with van der Waals surface area (Å²) in [5.74, 6) is -1.22. The van der Waals surface area contributed by atoms with Gasteiger partial charge in [-0.25, -0.2) is 4.79 Å². The molecule has 1 atom stereocenters. The van der Waals surface area contributed by atoms with Crippen molar-refractivity contribution in [1.29, 1.82) is 0 Å². The Morgan fingerprint density at radius 3 is 2.34 bits per heavy atom. The molecule has 29 heavy (non-hydrogen) atoms. The minimum Gasteiger partial charge on any atom is -0.463 e. The predicted octanol–water partition coefficient (Wildman–Crippen LogP) is 4.61. The summed E-state index contributed by atoms with van der Waals surface area (Å²) in [5, 5.41) is 0. The van der Waals surface area contributed by atoms with Gasteiger partial charge in [-0.15, -0.1) is 0 Å². The van der Waals surface area contributed by atoms with Crippen LogP contribution in [-0.2, 0) is 19.7 Å². The molecule has 0 heterocycles. The molecular formula is C25H24O4. The smallest absolute Gasteiger partial charge is 0.335 e. The van der Waals surface area contributed by atoms with Crippen molar-refractivity contribution >= 4 is 23.6 Å². The zero-order valence-electron chi connectivity index (χ0n) is 17.1. The predicted molar refractivity (Wildman–Crippen MR) is 113 cm³/mol. The number of Topliss-reactive ketones (excluding diaryl/α,β-unsaturated/α-hetero) is 1. The number of allylic oxidation sites excluding steroid dienone is 2. The van der Waals surface area contributed by atoms with Gasteiger partial charge < -0.3 is 4.74 Å². The standard InChI is InChI=1S/C25H24O4/c1-5-29-24(28)21(15-22(26)18-12-10-16(2)11-13-18)25(4)20-9-7-6-8-19(20)14-17(3)23(25)27/h6-15H,5H2,1-4H3/b21-15-/t25-/m0/s1. The second-order valence-electron chi connectivity index (χ2n) is 7.38. The van der Waals surface area contributed by atoms with E-state index in [-0.39, 0.29) is 23.7 Å². The fraction of sp³-hybridized carbons (Fsp3) is 0.240. The number of fused-ring (bicyclic) bond motifs is 1. The van der Waals surface area contributed by atoms with Crippen molar-refractivity contribution in [1.82, 2.24) is 0 Å². The third-order valence-electron chi connectivity index (χ3n) is 5.33. The molecule has 0 saturated heterocycles. The van der Waals surface area contributed by atoms with Gasteiger partial charge in [-0.05, 0) is 56.5 Å². The minimum absolute atomic E-state index is 0.0508. The molecule has 2 aromatic carbocycles. The van der Waals surface area contributed by atoms with Gasteiger partial charge in [-0.1, -0.05) is 54.1 Å². The second-order valence-corrected chi connectivity index (χ2v) is 7.38. The summed E-state index contributed by atoms with van der Waals surface area (Å²) < 4.78 is 5.25. The lowest BCUT2D eigenvalue weighted by Crippen LogP contribution is -2.41. The lowest BCUT2D eigenvalue weighted by Gasteiger charge is -2.34. The van der Waals surface area contributed by atoms with E-state index in [4.69, 9.17) is 4.74 Å². The molecule has 0 N–H and O–H groups in total. The van der Waals surface area contributed by atoms with Gasteiger partial charge in [-0.3, -0.25) is 9.59 Å². The van der Waals surface area contributed by atoms with Gasteiger partial charge in [0.2, 0.25) is 0 Å². The summed E-state index contributed by atoms with van der Waals surface area (Å²) in [6, 6.07) is 14.5. The molecule has 0 unspecified atom stereocenters. The zero-order valence-corrected chi connectivity index (χ0v) is 17.1. The van der Waals surface area contributed by atoms with Gasteiger partial charge in [0, 0.05) is 5.56 Å². The van der Waals surface area contributed by atoms with E-state index in [1.54, 1.807) is 32.9 Å². The third-order valence-corrected chi connectivity index (χ3v) is 5.33. The molecule has 0 aromatic heterocycles. The molecule has 1 aliphatic rings. The summed E-state index contributed by atoms with van der Waals surface area (Å²) >= 11 is 0. The lowest BCUT2D eigenvalue weighted by molar-refractivity contribution is -0.140. The van der Waals surface area contributed by atoms with Crippen LogP contribution in [0.2, 0.25) is 0 Å². The van der Waals surface area contributed by atoms with Crippen molar-refractivity contribution in [2.45, 2.75) is 33.1 Å². The topological polar surface area (TPSA) is 60.4 Å². The molecule has 0 fully saturated rings. The molecule has 2 aromatic rings. The van der Waals surface area contributed by atoms with Crippen molar-refractivity contribution in [3.63, 3.8) is 0 Å². The third kappa shape index (κ3) is 3.70. The van der Waals surface area contributed by atoms with Crippen molar-refractivity contribution in [3.8, 4) is 0 Å². The average Bonchev–Trinajstić information content (AvgIpc) is 2.71. The van der Waals surface area contributed by atoms with Gasteiger partial charge >= 0.3 is 5.97 Å². The van der Waals surface area contributed by atoms with Crippen LogP contribution in [0.5, 0.6) is 0 Å². The molecule has 0 saturated carbocycles. The Labute approximate surface area is 170 Å². The van der Waals surface area contributed by atoms with Crippen LogP contribution < -0.4 is 0 Å². The van der Waals surface area contributed by atoms with E-state index in [2.05, 4.69) is 0 Å². The Morgan fingerprint density at radius 2 is 1.69 bits per heavy atom. The van der Waals surface area contributed by atoms with Crippen molar-refractivity contribution < 1.29 is 19.1 Å². The molecule has 0 radical (unpaired) electrons. The largest absolute Gasteiger partial charge is 0.463 e. The number of carbonyl (C=O) groups is 3. The first-order chi connectivity index (χ1) is 13.8. The van der Waals surface area contributed by atoms with Crippen LogP contribution in [-0.4, -0.2) is 24.1 Å². The van der Waals surface area contributed by atoms with Crippen LogP contribution in [0.4, 0.5) is 0 Å². The molecule has 4 heteroatoms. The van der Waals surface area contributed by atoms with Crippen LogP contribution in [0.15, 0.2) is 65.8 Å². The first-order valence-corrected chi connectivity index (χ1v) is 9.62. The lowest BCUT2D eigenvalue weighted by atomic mass is 9.66. The van der Waals surface area contributed by atoms with E-state index in [1.165, 1.54) is 6.08 Å². The Bertz CT molecular complexity index is 1040. The fourth-order valence-electron chi connectivity index (χ4n) is 3.71. The Morgan fingerprint density at radius 1 is 1.03 bits per heavy atom. The minimum atomic E-state index is -1.30. The zero-order chi connectivity index (χ0) is 21.2. The highest BCUT2D eigenvalue weighted by molar-refractivity contribution is 6.18.